The third-order valence-corrected chi connectivity index (χ3v) is 5.63. The van der Waals surface area contributed by atoms with Crippen molar-refractivity contribution in [3.05, 3.63) is 56.6 Å². The average molecular weight is 388 g/mol. The fourth-order valence-corrected chi connectivity index (χ4v) is 4.17. The molecule has 1 saturated carbocycles. The van der Waals surface area contributed by atoms with Crippen molar-refractivity contribution in [3.8, 4) is 11.1 Å². The van der Waals surface area contributed by atoms with E-state index in [4.69, 9.17) is 23.2 Å². The zero-order valence-electron chi connectivity index (χ0n) is 14.7. The predicted octanol–water partition coefficient (Wildman–Crippen LogP) is 5.43. The summed E-state index contributed by atoms with van der Waals surface area (Å²) in [5, 5.41) is 1.13. The molecule has 0 unspecified atom stereocenters. The Morgan fingerprint density at radius 1 is 1.23 bits per heavy atom. The molecule has 0 aliphatic heterocycles. The van der Waals surface area contributed by atoms with Gasteiger partial charge in [-0.3, -0.25) is 9.36 Å². The Morgan fingerprint density at radius 2 is 2.00 bits per heavy atom. The van der Waals surface area contributed by atoms with E-state index >= 15 is 0 Å². The molecule has 4 rings (SSSR count). The van der Waals surface area contributed by atoms with Gasteiger partial charge in [0.05, 0.1) is 0 Å². The molecule has 1 aliphatic carbocycles. The van der Waals surface area contributed by atoms with Crippen molar-refractivity contribution in [1.29, 1.82) is 0 Å². The van der Waals surface area contributed by atoms with E-state index in [1.807, 2.05) is 16.7 Å². The van der Waals surface area contributed by atoms with Gasteiger partial charge in [0.25, 0.3) is 5.56 Å². The smallest absolute Gasteiger partial charge is 0.273 e. The fraction of sp³-hybridized carbons (Fsp3) is 0.350. The van der Waals surface area contributed by atoms with Crippen molar-refractivity contribution in [2.45, 2.75) is 39.2 Å². The molecule has 26 heavy (non-hydrogen) atoms. The van der Waals surface area contributed by atoms with Crippen molar-refractivity contribution >= 4 is 34.4 Å². The molecular weight excluding hydrogens is 369 g/mol. The maximum Gasteiger partial charge on any atom is 0.273 e. The normalized spacial score (nSPS) is 15.4. The minimum Gasteiger partial charge on any atom is -0.286 e. The summed E-state index contributed by atoms with van der Waals surface area (Å²) in [7, 11) is 0. The molecule has 0 radical (unpaired) electrons. The van der Waals surface area contributed by atoms with Gasteiger partial charge >= 0.3 is 0 Å². The Hall–Kier alpha value is -1.91. The second-order valence-corrected chi connectivity index (χ2v) is 7.68. The highest BCUT2D eigenvalue weighted by molar-refractivity contribution is 6.36. The van der Waals surface area contributed by atoms with Crippen LogP contribution in [-0.2, 0) is 0 Å². The number of rotatable bonds is 4. The summed E-state index contributed by atoms with van der Waals surface area (Å²) in [6, 6.07) is 7.44. The van der Waals surface area contributed by atoms with E-state index in [0.717, 1.165) is 30.4 Å². The fourth-order valence-electron chi connectivity index (χ4n) is 3.66. The van der Waals surface area contributed by atoms with E-state index < -0.39 is 0 Å². The molecule has 0 spiro atoms. The van der Waals surface area contributed by atoms with Crippen LogP contribution >= 0.6 is 23.2 Å². The molecule has 3 aromatic rings. The van der Waals surface area contributed by atoms with Crippen LogP contribution in [0.15, 0.2) is 35.3 Å². The first-order valence-electron chi connectivity index (χ1n) is 8.84. The lowest BCUT2D eigenvalue weighted by atomic mass is 10.0. The minimum atomic E-state index is -0.0527. The standard InChI is InChI=1S/C20H19Cl2N3O/c1-3-17(12-4-5-12)25-19-18(24-11(2)20(25)26)15(8-9-23-19)14-7-6-13(21)10-16(14)22/h6-10,12,17H,3-5H2,1-2H3/t17-/m0/s1. The molecule has 0 bridgehead atoms. The summed E-state index contributed by atoms with van der Waals surface area (Å²) in [6.45, 7) is 3.88. The van der Waals surface area contributed by atoms with Gasteiger partial charge in [-0.1, -0.05) is 36.2 Å². The van der Waals surface area contributed by atoms with Crippen LogP contribution in [0.3, 0.4) is 0 Å². The van der Waals surface area contributed by atoms with Crippen LogP contribution in [0, 0.1) is 12.8 Å². The van der Waals surface area contributed by atoms with Crippen LogP contribution in [0.25, 0.3) is 22.3 Å². The van der Waals surface area contributed by atoms with Gasteiger partial charge < -0.3 is 0 Å². The summed E-state index contributed by atoms with van der Waals surface area (Å²) in [4.78, 5) is 22.0. The second-order valence-electron chi connectivity index (χ2n) is 6.84. The van der Waals surface area contributed by atoms with Crippen molar-refractivity contribution < 1.29 is 0 Å². The van der Waals surface area contributed by atoms with Gasteiger partial charge in [-0.15, -0.1) is 0 Å². The molecule has 2 aromatic heterocycles. The third-order valence-electron chi connectivity index (χ3n) is 5.08. The van der Waals surface area contributed by atoms with Gasteiger partial charge in [0.2, 0.25) is 0 Å². The number of pyridine rings is 1. The maximum atomic E-state index is 12.9. The van der Waals surface area contributed by atoms with Crippen molar-refractivity contribution in [1.82, 2.24) is 14.5 Å². The predicted molar refractivity (Wildman–Crippen MR) is 106 cm³/mol. The van der Waals surface area contributed by atoms with Gasteiger partial charge in [-0.05, 0) is 50.3 Å². The summed E-state index contributed by atoms with van der Waals surface area (Å²) in [6.07, 6.45) is 4.94. The monoisotopic (exact) mass is 387 g/mol. The van der Waals surface area contributed by atoms with Crippen LogP contribution in [-0.4, -0.2) is 14.5 Å². The quantitative estimate of drug-likeness (QED) is 0.598. The first-order valence-corrected chi connectivity index (χ1v) is 9.60. The molecule has 0 saturated heterocycles. The third kappa shape index (κ3) is 2.91. The zero-order chi connectivity index (χ0) is 18.4. The average Bonchev–Trinajstić information content (AvgIpc) is 3.44. The van der Waals surface area contributed by atoms with Crippen molar-refractivity contribution in [2.24, 2.45) is 5.92 Å². The molecule has 1 aromatic carbocycles. The van der Waals surface area contributed by atoms with E-state index in [0.29, 0.717) is 32.8 Å². The van der Waals surface area contributed by atoms with Crippen molar-refractivity contribution in [3.63, 3.8) is 0 Å². The highest BCUT2D eigenvalue weighted by Gasteiger charge is 2.33. The molecule has 2 heterocycles. The highest BCUT2D eigenvalue weighted by Crippen LogP contribution is 2.42. The zero-order valence-corrected chi connectivity index (χ0v) is 16.2. The molecule has 1 fully saturated rings. The van der Waals surface area contributed by atoms with E-state index in [-0.39, 0.29) is 11.6 Å². The first-order chi connectivity index (χ1) is 12.5. The molecular formula is C20H19Cl2N3O. The Balaban J connectivity index is 2.03. The SMILES string of the molecule is CC[C@@H](C1CC1)n1c(=O)c(C)nc2c(-c3ccc(Cl)cc3Cl)ccnc21. The number of hydrogen-bond donors (Lipinski definition) is 0. The Labute approximate surface area is 161 Å². The van der Waals surface area contributed by atoms with Gasteiger partial charge in [0.1, 0.15) is 11.2 Å². The molecule has 0 N–H and O–H groups in total. The first kappa shape index (κ1) is 17.5. The van der Waals surface area contributed by atoms with Crippen LogP contribution in [0.5, 0.6) is 0 Å². The van der Waals surface area contributed by atoms with Crippen LogP contribution in [0.1, 0.15) is 37.9 Å². The number of nitrogens with zero attached hydrogens (tertiary/aromatic N) is 3. The highest BCUT2D eigenvalue weighted by atomic mass is 35.5. The number of fused-ring (bicyclic) bond motifs is 1. The summed E-state index contributed by atoms with van der Waals surface area (Å²) < 4.78 is 1.85. The van der Waals surface area contributed by atoms with E-state index in [9.17, 15) is 4.79 Å². The Bertz CT molecular complexity index is 1060. The number of halogens is 2. The van der Waals surface area contributed by atoms with Gasteiger partial charge in [-0.2, -0.15) is 0 Å². The molecule has 0 amide bonds. The van der Waals surface area contributed by atoms with E-state index in [2.05, 4.69) is 16.9 Å². The lowest BCUT2D eigenvalue weighted by Crippen LogP contribution is -2.29. The van der Waals surface area contributed by atoms with Crippen LogP contribution < -0.4 is 5.56 Å². The molecule has 4 nitrogen and oxygen atoms in total. The Morgan fingerprint density at radius 3 is 2.65 bits per heavy atom. The summed E-state index contributed by atoms with van der Waals surface area (Å²) in [5.74, 6) is 0.548. The molecule has 1 aliphatic rings. The molecule has 1 atom stereocenters. The summed E-state index contributed by atoms with van der Waals surface area (Å²) >= 11 is 12.5. The van der Waals surface area contributed by atoms with E-state index in [1.165, 1.54) is 0 Å². The molecule has 6 heteroatoms. The van der Waals surface area contributed by atoms with Crippen LogP contribution in [0.2, 0.25) is 10.0 Å². The lowest BCUT2D eigenvalue weighted by molar-refractivity contribution is 0.428. The topological polar surface area (TPSA) is 47.8 Å². The minimum absolute atomic E-state index is 0.0527. The number of aromatic nitrogens is 3. The second kappa shape index (κ2) is 6.67. The lowest BCUT2D eigenvalue weighted by Gasteiger charge is -2.21. The number of hydrogen-bond acceptors (Lipinski definition) is 3. The van der Waals surface area contributed by atoms with Crippen LogP contribution in [0.4, 0.5) is 0 Å². The largest absolute Gasteiger partial charge is 0.286 e. The molecule has 134 valence electrons. The number of aryl methyl sites for hydroxylation is 1. The van der Waals surface area contributed by atoms with Gasteiger partial charge in [0, 0.05) is 33.4 Å². The Kier molecular flexibility index (Phi) is 4.49. The summed E-state index contributed by atoms with van der Waals surface area (Å²) in [5.41, 5.74) is 3.45. The van der Waals surface area contributed by atoms with Gasteiger partial charge in [-0.25, -0.2) is 9.97 Å². The maximum absolute atomic E-state index is 12.9. The van der Waals surface area contributed by atoms with Crippen molar-refractivity contribution in [2.75, 3.05) is 0 Å². The number of benzene rings is 1. The van der Waals surface area contributed by atoms with Gasteiger partial charge in [0.15, 0.2) is 5.65 Å². The van der Waals surface area contributed by atoms with E-state index in [1.54, 1.807) is 25.3 Å².